The number of primary amides is 1. The molecule has 1 aromatic carbocycles. The number of likely N-dealkylation sites (tertiary alicyclic amines) is 2. The van der Waals surface area contributed by atoms with Gasteiger partial charge in [-0.2, -0.15) is 0 Å². The van der Waals surface area contributed by atoms with E-state index >= 15 is 0 Å². The van der Waals surface area contributed by atoms with Crippen LogP contribution in [0.4, 0.5) is 0 Å². The molecule has 0 spiro atoms. The first-order chi connectivity index (χ1) is 13.3. The van der Waals surface area contributed by atoms with Crippen molar-refractivity contribution in [3.05, 3.63) is 35.9 Å². The first kappa shape index (κ1) is 21.9. The maximum absolute atomic E-state index is 12.5. The highest BCUT2D eigenvalue weighted by atomic mass is 16.3. The van der Waals surface area contributed by atoms with Gasteiger partial charge in [-0.1, -0.05) is 44.2 Å². The van der Waals surface area contributed by atoms with Crippen LogP contribution in [0.3, 0.4) is 0 Å². The fraction of sp³-hybridized carbons (Fsp3) is 0.571. The lowest BCUT2D eigenvalue weighted by Gasteiger charge is -2.30. The van der Waals surface area contributed by atoms with E-state index in [1.807, 2.05) is 24.8 Å². The molecule has 0 radical (unpaired) electrons. The molecule has 0 unspecified atom stereocenters. The first-order valence-corrected chi connectivity index (χ1v) is 9.72. The molecule has 2 amide bonds. The number of hydrogen-bond donors (Lipinski definition) is 2. The van der Waals surface area contributed by atoms with Crippen molar-refractivity contribution in [3.63, 3.8) is 0 Å². The summed E-state index contributed by atoms with van der Waals surface area (Å²) in [7, 11) is 0. The summed E-state index contributed by atoms with van der Waals surface area (Å²) in [5.74, 6) is 0.438. The zero-order valence-electron chi connectivity index (χ0n) is 16.7. The van der Waals surface area contributed by atoms with Crippen LogP contribution >= 0.6 is 0 Å². The molecule has 0 bridgehead atoms. The summed E-state index contributed by atoms with van der Waals surface area (Å²) in [5, 5.41) is 6.89. The number of nitrogens with two attached hydrogens (primary N) is 1. The maximum Gasteiger partial charge on any atom is 0.290 e. The van der Waals surface area contributed by atoms with Crippen molar-refractivity contribution >= 4 is 18.3 Å². The third kappa shape index (κ3) is 5.32. The number of carbonyl (C=O) groups excluding carboxylic acids is 2. The fourth-order valence-corrected chi connectivity index (χ4v) is 4.56. The predicted molar refractivity (Wildman–Crippen MR) is 106 cm³/mol. The Balaban J connectivity index is 0.000000878. The van der Waals surface area contributed by atoms with Gasteiger partial charge in [-0.05, 0) is 24.3 Å². The van der Waals surface area contributed by atoms with Gasteiger partial charge in [-0.25, -0.2) is 0 Å². The molecule has 154 valence electrons. The van der Waals surface area contributed by atoms with E-state index in [1.165, 1.54) is 5.56 Å². The lowest BCUT2D eigenvalue weighted by Crippen LogP contribution is -2.40. The molecule has 7 nitrogen and oxygen atoms in total. The second kappa shape index (κ2) is 9.68. The van der Waals surface area contributed by atoms with E-state index < -0.39 is 0 Å². The zero-order chi connectivity index (χ0) is 20.7. The largest absolute Gasteiger partial charge is 0.483 e. The Morgan fingerprint density at radius 1 is 1.25 bits per heavy atom. The summed E-state index contributed by atoms with van der Waals surface area (Å²) in [5.41, 5.74) is 6.81. The predicted octanol–water partition coefficient (Wildman–Crippen LogP) is 1.22. The average molecular weight is 389 g/mol. The normalized spacial score (nSPS) is 23.8. The Morgan fingerprint density at radius 2 is 1.89 bits per heavy atom. The molecule has 7 heteroatoms. The van der Waals surface area contributed by atoms with Crippen molar-refractivity contribution in [1.29, 1.82) is 0 Å². The van der Waals surface area contributed by atoms with Crippen molar-refractivity contribution in [1.82, 2.24) is 9.80 Å². The van der Waals surface area contributed by atoms with E-state index in [2.05, 4.69) is 29.2 Å². The lowest BCUT2D eigenvalue weighted by atomic mass is 9.76. The molecular weight excluding hydrogens is 358 g/mol. The number of fused-ring (bicyclic) bond motifs is 1. The molecule has 28 heavy (non-hydrogen) atoms. The van der Waals surface area contributed by atoms with Crippen molar-refractivity contribution in [2.75, 3.05) is 32.7 Å². The topological polar surface area (TPSA) is 104 Å². The molecule has 0 saturated carbocycles. The van der Waals surface area contributed by atoms with Gasteiger partial charge in [0.05, 0.1) is 6.54 Å². The average Bonchev–Trinajstić information content (AvgIpc) is 3.14. The van der Waals surface area contributed by atoms with Crippen LogP contribution in [0, 0.1) is 17.3 Å². The molecule has 2 aliphatic heterocycles. The van der Waals surface area contributed by atoms with Crippen LogP contribution in [0.5, 0.6) is 0 Å². The van der Waals surface area contributed by atoms with Gasteiger partial charge in [0.15, 0.2) is 0 Å². The standard InChI is InChI=1S/C20H29N3O2.CH2O2/c1-15(2)19(25)23-11-17-10-22(12-18(21)24)13-20(17,14-23)9-8-16-6-4-3-5-7-16;2-1-3/h3-7,15,17H,8-14H2,1-2H3,(H2,21,24);1H,(H,2,3)/t17-,20+;/m0./s1. The van der Waals surface area contributed by atoms with Gasteiger partial charge >= 0.3 is 0 Å². The summed E-state index contributed by atoms with van der Waals surface area (Å²) in [6, 6.07) is 10.5. The van der Waals surface area contributed by atoms with Gasteiger partial charge < -0.3 is 15.7 Å². The minimum absolute atomic E-state index is 0.0340. The highest BCUT2D eigenvalue weighted by Gasteiger charge is 2.53. The van der Waals surface area contributed by atoms with Crippen LogP contribution in [0.25, 0.3) is 0 Å². The molecule has 2 aliphatic rings. The van der Waals surface area contributed by atoms with Crippen LogP contribution in [-0.2, 0) is 20.8 Å². The minimum atomic E-state index is -0.270. The van der Waals surface area contributed by atoms with Crippen LogP contribution in [0.1, 0.15) is 25.8 Å². The first-order valence-electron chi connectivity index (χ1n) is 9.72. The van der Waals surface area contributed by atoms with Crippen molar-refractivity contribution in [2.24, 2.45) is 23.0 Å². The van der Waals surface area contributed by atoms with Gasteiger partial charge in [0, 0.05) is 37.5 Å². The molecule has 3 rings (SSSR count). The maximum atomic E-state index is 12.5. The van der Waals surface area contributed by atoms with Crippen LogP contribution in [-0.4, -0.2) is 65.9 Å². The third-order valence-corrected chi connectivity index (χ3v) is 5.77. The van der Waals surface area contributed by atoms with Crippen molar-refractivity contribution in [3.8, 4) is 0 Å². The number of hydrogen-bond acceptors (Lipinski definition) is 4. The number of carbonyl (C=O) groups is 3. The van der Waals surface area contributed by atoms with E-state index in [-0.39, 0.29) is 29.6 Å². The summed E-state index contributed by atoms with van der Waals surface area (Å²) in [6.07, 6.45) is 2.05. The molecular formula is C21H31N3O4. The second-order valence-corrected chi connectivity index (χ2v) is 8.16. The Hall–Kier alpha value is -2.41. The molecule has 3 N–H and O–H groups in total. The third-order valence-electron chi connectivity index (χ3n) is 5.77. The van der Waals surface area contributed by atoms with Gasteiger partial charge in [0.1, 0.15) is 0 Å². The smallest absolute Gasteiger partial charge is 0.290 e. The number of carboxylic acid groups (broad SMARTS) is 1. The van der Waals surface area contributed by atoms with E-state index in [9.17, 15) is 9.59 Å². The summed E-state index contributed by atoms with van der Waals surface area (Å²) in [6.45, 7) is 7.33. The number of rotatable bonds is 6. The Kier molecular flexibility index (Phi) is 7.57. The fourth-order valence-electron chi connectivity index (χ4n) is 4.56. The van der Waals surface area contributed by atoms with Crippen molar-refractivity contribution < 1.29 is 19.5 Å². The quantitative estimate of drug-likeness (QED) is 0.712. The van der Waals surface area contributed by atoms with Gasteiger partial charge in [-0.3, -0.25) is 19.3 Å². The number of aryl methyl sites for hydroxylation is 1. The summed E-state index contributed by atoms with van der Waals surface area (Å²) >= 11 is 0. The minimum Gasteiger partial charge on any atom is -0.483 e. The van der Waals surface area contributed by atoms with Gasteiger partial charge in [0.2, 0.25) is 11.8 Å². The summed E-state index contributed by atoms with van der Waals surface area (Å²) < 4.78 is 0. The van der Waals surface area contributed by atoms with E-state index in [4.69, 9.17) is 15.6 Å². The lowest BCUT2D eigenvalue weighted by molar-refractivity contribution is -0.134. The van der Waals surface area contributed by atoms with E-state index in [0.717, 1.165) is 39.0 Å². The second-order valence-electron chi connectivity index (χ2n) is 8.16. The molecule has 0 aliphatic carbocycles. The van der Waals surface area contributed by atoms with Crippen LogP contribution in [0.15, 0.2) is 30.3 Å². The number of amides is 2. The number of benzene rings is 1. The molecule has 2 saturated heterocycles. The zero-order valence-corrected chi connectivity index (χ0v) is 16.7. The van der Waals surface area contributed by atoms with E-state index in [0.29, 0.717) is 12.5 Å². The monoisotopic (exact) mass is 389 g/mol. The molecule has 2 fully saturated rings. The highest BCUT2D eigenvalue weighted by Crippen LogP contribution is 2.46. The summed E-state index contributed by atoms with van der Waals surface area (Å²) in [4.78, 5) is 36.4. The van der Waals surface area contributed by atoms with E-state index in [1.54, 1.807) is 0 Å². The molecule has 1 aromatic rings. The molecule has 0 aromatic heterocycles. The Labute approximate surface area is 166 Å². The van der Waals surface area contributed by atoms with Crippen LogP contribution < -0.4 is 5.73 Å². The number of nitrogens with zero attached hydrogens (tertiary/aromatic N) is 2. The Bertz CT molecular complexity index is 679. The van der Waals surface area contributed by atoms with Gasteiger partial charge in [-0.15, -0.1) is 0 Å². The SMILES string of the molecule is CC(C)C(=O)N1C[C@@H]2CN(CC(N)=O)C[C@]2(CCc2ccccc2)C1.O=CO. The highest BCUT2D eigenvalue weighted by molar-refractivity contribution is 5.78. The molecule has 2 atom stereocenters. The Morgan fingerprint density at radius 3 is 2.46 bits per heavy atom. The molecule has 2 heterocycles. The van der Waals surface area contributed by atoms with Gasteiger partial charge in [0.25, 0.3) is 6.47 Å². The van der Waals surface area contributed by atoms with Crippen molar-refractivity contribution in [2.45, 2.75) is 26.7 Å². The van der Waals surface area contributed by atoms with Crippen LogP contribution in [0.2, 0.25) is 0 Å².